The third-order valence-electron chi connectivity index (χ3n) is 6.30. The zero-order valence-corrected chi connectivity index (χ0v) is 15.8. The minimum Gasteiger partial charge on any atom is -0.381 e. The Bertz CT molecular complexity index is 306. The molecule has 1 nitrogen and oxygen atoms in total. The van der Waals surface area contributed by atoms with E-state index in [1.54, 1.807) is 0 Å². The van der Waals surface area contributed by atoms with Gasteiger partial charge in [-0.15, -0.1) is 0 Å². The van der Waals surface area contributed by atoms with E-state index in [2.05, 4.69) is 26.0 Å². The molecule has 2 saturated carbocycles. The normalized spacial score (nSPS) is 32.4. The molecule has 2 aliphatic carbocycles. The number of allylic oxidation sites excluding steroid dienone is 2. The highest BCUT2D eigenvalue weighted by Crippen LogP contribution is 2.42. The van der Waals surface area contributed by atoms with Crippen molar-refractivity contribution in [2.24, 2.45) is 23.7 Å². The summed E-state index contributed by atoms with van der Waals surface area (Å²) < 4.78 is 5.77. The Morgan fingerprint density at radius 1 is 0.783 bits per heavy atom. The van der Waals surface area contributed by atoms with E-state index in [0.717, 1.165) is 43.3 Å². The molecule has 0 aromatic rings. The molecule has 0 aromatic heterocycles. The zero-order valence-electron chi connectivity index (χ0n) is 15.8. The van der Waals surface area contributed by atoms with E-state index in [1.165, 1.54) is 70.6 Å². The Morgan fingerprint density at radius 3 is 1.96 bits per heavy atom. The third kappa shape index (κ3) is 6.99. The lowest BCUT2D eigenvalue weighted by molar-refractivity contribution is 0.0649. The van der Waals surface area contributed by atoms with Gasteiger partial charge in [-0.2, -0.15) is 0 Å². The van der Waals surface area contributed by atoms with Crippen molar-refractivity contribution in [1.82, 2.24) is 0 Å². The summed E-state index contributed by atoms with van der Waals surface area (Å²) in [7, 11) is 0. The molecule has 0 aromatic carbocycles. The summed E-state index contributed by atoms with van der Waals surface area (Å²) in [5.41, 5.74) is 0. The maximum Gasteiger partial charge on any atom is 0.0494 e. The van der Waals surface area contributed by atoms with Gasteiger partial charge in [0.1, 0.15) is 0 Å². The summed E-state index contributed by atoms with van der Waals surface area (Å²) in [5.74, 6) is 3.97. The van der Waals surface area contributed by atoms with Crippen LogP contribution in [-0.2, 0) is 4.74 Å². The standard InChI is InChI=1S/C22H40O/c1-3-5-6-7-8-19-9-13-21(14-10-19)22-15-11-20(12-16-22)18-23-17-4-2/h5-6,19-22H,3-4,7-18H2,1-2H3/b6-5+/t19-,20?,21-,22?. The molecule has 2 fully saturated rings. The van der Waals surface area contributed by atoms with Gasteiger partial charge in [0.15, 0.2) is 0 Å². The summed E-state index contributed by atoms with van der Waals surface area (Å²) in [6, 6.07) is 0. The third-order valence-corrected chi connectivity index (χ3v) is 6.30. The van der Waals surface area contributed by atoms with Crippen LogP contribution in [0.1, 0.15) is 90.9 Å². The Balaban J connectivity index is 1.58. The van der Waals surface area contributed by atoms with Crippen molar-refractivity contribution in [3.63, 3.8) is 0 Å². The highest BCUT2D eigenvalue weighted by molar-refractivity contribution is 4.84. The second-order valence-electron chi connectivity index (χ2n) is 8.09. The van der Waals surface area contributed by atoms with E-state index < -0.39 is 0 Å². The smallest absolute Gasteiger partial charge is 0.0494 e. The van der Waals surface area contributed by atoms with E-state index in [-0.39, 0.29) is 0 Å². The summed E-state index contributed by atoms with van der Waals surface area (Å²) in [4.78, 5) is 0. The van der Waals surface area contributed by atoms with Crippen molar-refractivity contribution in [3.05, 3.63) is 12.2 Å². The lowest BCUT2D eigenvalue weighted by atomic mass is 9.69. The van der Waals surface area contributed by atoms with E-state index >= 15 is 0 Å². The van der Waals surface area contributed by atoms with Crippen LogP contribution >= 0.6 is 0 Å². The first-order valence-electron chi connectivity index (χ1n) is 10.6. The number of hydrogen-bond acceptors (Lipinski definition) is 1. The van der Waals surface area contributed by atoms with Gasteiger partial charge in [0.2, 0.25) is 0 Å². The molecule has 0 saturated heterocycles. The Hall–Kier alpha value is -0.300. The molecule has 1 heteroatoms. The number of ether oxygens (including phenoxy) is 1. The lowest BCUT2D eigenvalue weighted by Gasteiger charge is -2.37. The average Bonchev–Trinajstić information content (AvgIpc) is 2.60. The molecular formula is C22H40O. The minimum atomic E-state index is 0.861. The molecule has 0 bridgehead atoms. The van der Waals surface area contributed by atoms with E-state index in [4.69, 9.17) is 4.74 Å². The molecule has 23 heavy (non-hydrogen) atoms. The van der Waals surface area contributed by atoms with Crippen molar-refractivity contribution >= 4 is 0 Å². The van der Waals surface area contributed by atoms with Crippen LogP contribution in [0.2, 0.25) is 0 Å². The zero-order chi connectivity index (χ0) is 16.3. The first kappa shape index (κ1) is 19.0. The average molecular weight is 321 g/mol. The van der Waals surface area contributed by atoms with Crippen LogP contribution in [0.4, 0.5) is 0 Å². The summed E-state index contributed by atoms with van der Waals surface area (Å²) in [6.07, 6.45) is 21.7. The van der Waals surface area contributed by atoms with Crippen molar-refractivity contribution < 1.29 is 4.74 Å². The predicted molar refractivity (Wildman–Crippen MR) is 101 cm³/mol. The molecule has 0 heterocycles. The Labute approximate surface area is 145 Å². The minimum absolute atomic E-state index is 0.861. The summed E-state index contributed by atoms with van der Waals surface area (Å²) in [5, 5.41) is 0. The van der Waals surface area contributed by atoms with Crippen LogP contribution in [-0.4, -0.2) is 13.2 Å². The molecule has 2 aliphatic rings. The maximum atomic E-state index is 5.77. The summed E-state index contributed by atoms with van der Waals surface area (Å²) >= 11 is 0. The van der Waals surface area contributed by atoms with Gasteiger partial charge in [-0.1, -0.05) is 38.8 Å². The van der Waals surface area contributed by atoms with Gasteiger partial charge < -0.3 is 4.74 Å². The van der Waals surface area contributed by atoms with Crippen molar-refractivity contribution in [2.75, 3.05) is 13.2 Å². The molecule has 0 N–H and O–H groups in total. The lowest BCUT2D eigenvalue weighted by Crippen LogP contribution is -2.27. The van der Waals surface area contributed by atoms with Crippen LogP contribution in [0.5, 0.6) is 0 Å². The van der Waals surface area contributed by atoms with Crippen LogP contribution in [0.15, 0.2) is 12.2 Å². The van der Waals surface area contributed by atoms with Gasteiger partial charge in [0.25, 0.3) is 0 Å². The fraction of sp³-hybridized carbons (Fsp3) is 0.909. The molecule has 0 spiro atoms. The fourth-order valence-corrected chi connectivity index (χ4v) is 4.79. The second kappa shape index (κ2) is 11.3. The van der Waals surface area contributed by atoms with Crippen LogP contribution < -0.4 is 0 Å². The predicted octanol–water partition coefficient (Wildman–Crippen LogP) is 6.77. The van der Waals surface area contributed by atoms with Crippen molar-refractivity contribution in [3.8, 4) is 0 Å². The van der Waals surface area contributed by atoms with E-state index in [9.17, 15) is 0 Å². The summed E-state index contributed by atoms with van der Waals surface area (Å²) in [6.45, 7) is 6.41. The van der Waals surface area contributed by atoms with Crippen LogP contribution in [0.25, 0.3) is 0 Å². The van der Waals surface area contributed by atoms with Gasteiger partial charge in [-0.3, -0.25) is 0 Å². The van der Waals surface area contributed by atoms with Crippen LogP contribution in [0, 0.1) is 23.7 Å². The Kier molecular flexibility index (Phi) is 9.34. The van der Waals surface area contributed by atoms with Gasteiger partial charge >= 0.3 is 0 Å². The number of hydrogen-bond donors (Lipinski definition) is 0. The number of rotatable bonds is 9. The van der Waals surface area contributed by atoms with E-state index in [1.807, 2.05) is 0 Å². The topological polar surface area (TPSA) is 9.23 Å². The largest absolute Gasteiger partial charge is 0.381 e. The van der Waals surface area contributed by atoms with Gasteiger partial charge in [0.05, 0.1) is 0 Å². The van der Waals surface area contributed by atoms with Gasteiger partial charge in [0, 0.05) is 13.2 Å². The highest BCUT2D eigenvalue weighted by atomic mass is 16.5. The molecule has 134 valence electrons. The second-order valence-corrected chi connectivity index (χ2v) is 8.09. The molecule has 0 aliphatic heterocycles. The van der Waals surface area contributed by atoms with Crippen molar-refractivity contribution in [2.45, 2.75) is 90.9 Å². The Morgan fingerprint density at radius 2 is 1.39 bits per heavy atom. The first-order valence-corrected chi connectivity index (χ1v) is 10.6. The molecule has 2 rings (SSSR count). The highest BCUT2D eigenvalue weighted by Gasteiger charge is 2.30. The molecule has 0 atom stereocenters. The fourth-order valence-electron chi connectivity index (χ4n) is 4.79. The molecule has 0 unspecified atom stereocenters. The maximum absolute atomic E-state index is 5.77. The monoisotopic (exact) mass is 320 g/mol. The van der Waals surface area contributed by atoms with Crippen LogP contribution in [0.3, 0.4) is 0 Å². The SMILES string of the molecule is CC/C=C/CC[C@H]1CC[C@H](C2CCC(COCCC)CC2)CC1. The van der Waals surface area contributed by atoms with E-state index in [0.29, 0.717) is 0 Å². The van der Waals surface area contributed by atoms with Gasteiger partial charge in [-0.05, 0) is 87.9 Å². The molecule has 0 radical (unpaired) electrons. The molecule has 0 amide bonds. The molecular weight excluding hydrogens is 280 g/mol. The van der Waals surface area contributed by atoms with Crippen molar-refractivity contribution in [1.29, 1.82) is 0 Å². The van der Waals surface area contributed by atoms with Gasteiger partial charge in [-0.25, -0.2) is 0 Å². The quantitative estimate of drug-likeness (QED) is 0.336. The first-order chi connectivity index (χ1) is 11.3.